The lowest BCUT2D eigenvalue weighted by Crippen LogP contribution is -2.56. The smallest absolute Gasteiger partial charge is 0.230 e. The van der Waals surface area contributed by atoms with Crippen LogP contribution in [-0.2, 0) is 4.79 Å². The highest BCUT2D eigenvalue weighted by molar-refractivity contribution is 7.99. The standard InChI is InChI=1S/C19H28N4OS/c1-12(19-7-13-4-14(8-19)6-15(5-13)9-19)21-17(24)10-25-18-22-20-11-23(18)16-2-3-16/h11-16H,2-10H2,1H3,(H,21,24). The van der Waals surface area contributed by atoms with E-state index >= 15 is 0 Å². The van der Waals surface area contributed by atoms with Gasteiger partial charge in [-0.25, -0.2) is 0 Å². The zero-order valence-corrected chi connectivity index (χ0v) is 15.8. The van der Waals surface area contributed by atoms with E-state index in [1.54, 1.807) is 6.33 Å². The molecule has 0 radical (unpaired) electrons. The average molecular weight is 361 g/mol. The molecule has 1 amide bonds. The molecule has 4 bridgehead atoms. The predicted octanol–water partition coefficient (Wildman–Crippen LogP) is 3.43. The van der Waals surface area contributed by atoms with Crippen molar-refractivity contribution < 1.29 is 4.79 Å². The summed E-state index contributed by atoms with van der Waals surface area (Å²) < 4.78 is 2.13. The molecule has 136 valence electrons. The van der Waals surface area contributed by atoms with Gasteiger partial charge in [0.1, 0.15) is 6.33 Å². The van der Waals surface area contributed by atoms with Crippen LogP contribution in [0, 0.1) is 23.2 Å². The molecule has 6 rings (SSSR count). The van der Waals surface area contributed by atoms with E-state index in [2.05, 4.69) is 27.0 Å². The predicted molar refractivity (Wildman–Crippen MR) is 97.2 cm³/mol. The molecular weight excluding hydrogens is 332 g/mol. The summed E-state index contributed by atoms with van der Waals surface area (Å²) in [6.45, 7) is 2.25. The minimum Gasteiger partial charge on any atom is -0.352 e. The molecule has 1 aromatic heterocycles. The second kappa shape index (κ2) is 6.00. The zero-order chi connectivity index (χ0) is 17.0. The van der Waals surface area contributed by atoms with Crippen molar-refractivity contribution in [1.29, 1.82) is 0 Å². The molecule has 1 heterocycles. The summed E-state index contributed by atoms with van der Waals surface area (Å²) in [7, 11) is 0. The van der Waals surface area contributed by atoms with Gasteiger partial charge >= 0.3 is 0 Å². The summed E-state index contributed by atoms with van der Waals surface area (Å²) in [5, 5.41) is 12.4. The molecule has 0 saturated heterocycles. The van der Waals surface area contributed by atoms with Crippen LogP contribution in [0.2, 0.25) is 0 Å². The zero-order valence-electron chi connectivity index (χ0n) is 15.0. The monoisotopic (exact) mass is 360 g/mol. The normalized spacial score (nSPS) is 37.2. The first-order chi connectivity index (χ1) is 12.1. The minimum atomic E-state index is 0.151. The third kappa shape index (κ3) is 3.00. The molecule has 5 aliphatic carbocycles. The fraction of sp³-hybridized carbons (Fsp3) is 0.842. The van der Waals surface area contributed by atoms with E-state index in [1.807, 2.05) is 0 Å². The van der Waals surface area contributed by atoms with Gasteiger partial charge in [0.15, 0.2) is 5.16 Å². The number of hydrogen-bond acceptors (Lipinski definition) is 4. The Kier molecular flexibility index (Phi) is 3.88. The van der Waals surface area contributed by atoms with Crippen LogP contribution in [-0.4, -0.2) is 32.5 Å². The summed E-state index contributed by atoms with van der Waals surface area (Å²) >= 11 is 1.53. The Bertz CT molecular complexity index is 633. The summed E-state index contributed by atoms with van der Waals surface area (Å²) in [5.74, 6) is 3.38. The SMILES string of the molecule is CC(NC(=O)CSc1nncn1C1CC1)C12CC3CC(CC(C3)C1)C2. The van der Waals surface area contributed by atoms with Gasteiger partial charge in [0, 0.05) is 12.1 Å². The van der Waals surface area contributed by atoms with E-state index < -0.39 is 0 Å². The van der Waals surface area contributed by atoms with Crippen molar-refractivity contribution in [3.05, 3.63) is 6.33 Å². The molecule has 5 saturated carbocycles. The Hall–Kier alpha value is -1.04. The maximum atomic E-state index is 12.5. The lowest BCUT2D eigenvalue weighted by atomic mass is 9.48. The van der Waals surface area contributed by atoms with Crippen LogP contribution in [0.15, 0.2) is 11.5 Å². The molecule has 0 spiro atoms. The van der Waals surface area contributed by atoms with E-state index in [9.17, 15) is 4.79 Å². The van der Waals surface area contributed by atoms with Crippen molar-refractivity contribution in [2.24, 2.45) is 23.2 Å². The first kappa shape index (κ1) is 16.2. The Morgan fingerprint density at radius 3 is 2.52 bits per heavy atom. The van der Waals surface area contributed by atoms with Gasteiger partial charge in [0.2, 0.25) is 5.91 Å². The Morgan fingerprint density at radius 2 is 1.92 bits per heavy atom. The second-order valence-corrected chi connectivity index (χ2v) is 10.1. The fourth-order valence-corrected chi connectivity index (χ4v) is 7.01. The Morgan fingerprint density at radius 1 is 1.28 bits per heavy atom. The summed E-state index contributed by atoms with van der Waals surface area (Å²) in [6, 6.07) is 0.863. The number of rotatable bonds is 6. The van der Waals surface area contributed by atoms with Crippen molar-refractivity contribution in [3.8, 4) is 0 Å². The van der Waals surface area contributed by atoms with Crippen LogP contribution in [0.4, 0.5) is 0 Å². The van der Waals surface area contributed by atoms with Crippen molar-refractivity contribution in [2.45, 2.75) is 75.5 Å². The topological polar surface area (TPSA) is 59.8 Å². The van der Waals surface area contributed by atoms with Crippen LogP contribution < -0.4 is 5.32 Å². The van der Waals surface area contributed by atoms with Crippen LogP contribution in [0.1, 0.15) is 64.3 Å². The number of nitrogens with one attached hydrogen (secondary N) is 1. The number of nitrogens with zero attached hydrogens (tertiary/aromatic N) is 3. The van der Waals surface area contributed by atoms with Gasteiger partial charge in [0.05, 0.1) is 5.75 Å². The minimum absolute atomic E-state index is 0.151. The number of amides is 1. The quantitative estimate of drug-likeness (QED) is 0.790. The van der Waals surface area contributed by atoms with Crippen LogP contribution >= 0.6 is 11.8 Å². The van der Waals surface area contributed by atoms with Crippen molar-refractivity contribution in [2.75, 3.05) is 5.75 Å². The average Bonchev–Trinajstić information content (AvgIpc) is 3.30. The van der Waals surface area contributed by atoms with Crippen molar-refractivity contribution in [3.63, 3.8) is 0 Å². The van der Waals surface area contributed by atoms with Crippen molar-refractivity contribution >= 4 is 17.7 Å². The molecule has 5 nitrogen and oxygen atoms in total. The molecule has 1 N–H and O–H groups in total. The summed E-state index contributed by atoms with van der Waals surface area (Å²) in [5.41, 5.74) is 0.378. The van der Waals surface area contributed by atoms with E-state index in [1.165, 1.54) is 63.1 Å². The molecule has 1 atom stereocenters. The molecule has 1 aromatic rings. The number of hydrogen-bond donors (Lipinski definition) is 1. The third-order valence-corrected chi connectivity index (χ3v) is 8.15. The molecule has 1 unspecified atom stereocenters. The Labute approximate surface area is 153 Å². The van der Waals surface area contributed by atoms with E-state index in [0.29, 0.717) is 23.3 Å². The van der Waals surface area contributed by atoms with Crippen LogP contribution in [0.5, 0.6) is 0 Å². The van der Waals surface area contributed by atoms with E-state index in [4.69, 9.17) is 0 Å². The first-order valence-corrected chi connectivity index (χ1v) is 10.9. The summed E-state index contributed by atoms with van der Waals surface area (Å²) in [4.78, 5) is 12.5. The highest BCUT2D eigenvalue weighted by atomic mass is 32.2. The second-order valence-electron chi connectivity index (χ2n) is 9.11. The molecule has 5 aliphatic rings. The molecule has 5 fully saturated rings. The number of carbonyl (C=O) groups is 1. The van der Waals surface area contributed by atoms with E-state index in [-0.39, 0.29) is 5.91 Å². The molecule has 25 heavy (non-hydrogen) atoms. The van der Waals surface area contributed by atoms with Crippen LogP contribution in [0.25, 0.3) is 0 Å². The van der Waals surface area contributed by atoms with Gasteiger partial charge in [-0.2, -0.15) is 0 Å². The van der Waals surface area contributed by atoms with Gasteiger partial charge in [0.25, 0.3) is 0 Å². The van der Waals surface area contributed by atoms with Crippen molar-refractivity contribution in [1.82, 2.24) is 20.1 Å². The first-order valence-electron chi connectivity index (χ1n) is 9.93. The van der Waals surface area contributed by atoms with Crippen LogP contribution in [0.3, 0.4) is 0 Å². The highest BCUT2D eigenvalue weighted by Gasteiger charge is 2.53. The van der Waals surface area contributed by atoms with E-state index in [0.717, 1.165) is 22.9 Å². The lowest BCUT2D eigenvalue weighted by Gasteiger charge is -2.59. The van der Waals surface area contributed by atoms with Gasteiger partial charge in [-0.1, -0.05) is 11.8 Å². The fourth-order valence-electron chi connectivity index (χ4n) is 6.21. The molecule has 6 heteroatoms. The van der Waals surface area contributed by atoms with Gasteiger partial charge in [-0.3, -0.25) is 4.79 Å². The van der Waals surface area contributed by atoms with Gasteiger partial charge < -0.3 is 9.88 Å². The third-order valence-electron chi connectivity index (χ3n) is 7.19. The summed E-state index contributed by atoms with van der Waals surface area (Å²) in [6.07, 6.45) is 12.6. The van der Waals surface area contributed by atoms with Gasteiger partial charge in [-0.15, -0.1) is 10.2 Å². The maximum Gasteiger partial charge on any atom is 0.230 e. The molecular formula is C19H28N4OS. The lowest BCUT2D eigenvalue weighted by molar-refractivity contribution is -0.123. The highest BCUT2D eigenvalue weighted by Crippen LogP contribution is 2.61. The number of carbonyl (C=O) groups excluding carboxylic acids is 1. The Balaban J connectivity index is 1.19. The largest absolute Gasteiger partial charge is 0.352 e. The number of thioether (sulfide) groups is 1. The molecule has 0 aromatic carbocycles. The number of aromatic nitrogens is 3. The maximum absolute atomic E-state index is 12.5. The van der Waals surface area contributed by atoms with Gasteiger partial charge in [-0.05, 0) is 81.5 Å². The molecule has 0 aliphatic heterocycles.